The average molecular weight is 308 g/mol. The highest BCUT2D eigenvalue weighted by Crippen LogP contribution is 2.35. The predicted octanol–water partition coefficient (Wildman–Crippen LogP) is 4.13. The molecule has 0 spiro atoms. The van der Waals surface area contributed by atoms with Gasteiger partial charge in [-0.2, -0.15) is 0 Å². The van der Waals surface area contributed by atoms with Gasteiger partial charge < -0.3 is 4.98 Å². The zero-order chi connectivity index (χ0) is 15.3. The van der Waals surface area contributed by atoms with Crippen molar-refractivity contribution >= 4 is 45.7 Å². The molecule has 0 saturated heterocycles. The number of H-pyrrole nitrogens is 1. The number of hydrogen-bond donors (Lipinski definition) is 1. The molecule has 22 heavy (non-hydrogen) atoms. The van der Waals surface area contributed by atoms with Crippen LogP contribution in [0.3, 0.4) is 0 Å². The second kappa shape index (κ2) is 4.68. The topological polar surface area (TPSA) is 49.9 Å². The van der Waals surface area contributed by atoms with Gasteiger partial charge in [-0.1, -0.05) is 41.9 Å². The number of halogens is 1. The van der Waals surface area contributed by atoms with E-state index in [4.69, 9.17) is 11.6 Å². The molecule has 1 aliphatic carbocycles. The molecule has 1 heterocycles. The Balaban J connectivity index is 1.94. The van der Waals surface area contributed by atoms with E-state index in [1.54, 1.807) is 18.2 Å². The highest BCUT2D eigenvalue weighted by molar-refractivity contribution is 6.65. The molecule has 0 saturated carbocycles. The van der Waals surface area contributed by atoms with Crippen LogP contribution in [0, 0.1) is 0 Å². The molecule has 0 amide bonds. The van der Waals surface area contributed by atoms with Gasteiger partial charge in [-0.05, 0) is 29.8 Å². The van der Waals surface area contributed by atoms with E-state index < -0.39 is 11.6 Å². The summed E-state index contributed by atoms with van der Waals surface area (Å²) in [4.78, 5) is 27.8. The number of ketones is 2. The van der Waals surface area contributed by atoms with E-state index in [0.717, 1.165) is 16.5 Å². The Kier molecular flexibility index (Phi) is 2.78. The van der Waals surface area contributed by atoms with Crippen molar-refractivity contribution in [2.24, 2.45) is 0 Å². The highest BCUT2D eigenvalue weighted by atomic mass is 35.5. The molecular weight excluding hydrogens is 298 g/mol. The molecule has 0 radical (unpaired) electrons. The van der Waals surface area contributed by atoms with E-state index in [9.17, 15) is 9.59 Å². The second-order valence-electron chi connectivity index (χ2n) is 5.19. The maximum absolute atomic E-state index is 12.3. The third-order valence-corrected chi connectivity index (χ3v) is 4.09. The van der Waals surface area contributed by atoms with E-state index in [0.29, 0.717) is 21.9 Å². The lowest BCUT2D eigenvalue weighted by atomic mass is 10.1. The maximum Gasteiger partial charge on any atom is 0.236 e. The van der Waals surface area contributed by atoms with Gasteiger partial charge in [0.1, 0.15) is 0 Å². The third-order valence-electron chi connectivity index (χ3n) is 3.83. The van der Waals surface area contributed by atoms with Crippen LogP contribution >= 0.6 is 11.6 Å². The normalized spacial score (nSPS) is 15.8. The Morgan fingerprint density at radius 2 is 1.64 bits per heavy atom. The summed E-state index contributed by atoms with van der Waals surface area (Å²) >= 11 is 5.87. The first-order valence-electron chi connectivity index (χ1n) is 6.82. The molecule has 0 unspecified atom stereocenters. The molecule has 0 fully saturated rings. The molecule has 3 aromatic rings. The Bertz CT molecular complexity index is 964. The summed E-state index contributed by atoms with van der Waals surface area (Å²) in [6.07, 6.45) is 1.72. The molecule has 1 aliphatic rings. The minimum absolute atomic E-state index is 0.401. The van der Waals surface area contributed by atoms with Crippen molar-refractivity contribution in [3.05, 3.63) is 70.4 Å². The van der Waals surface area contributed by atoms with Gasteiger partial charge in [0.15, 0.2) is 0 Å². The number of hydrogen-bond acceptors (Lipinski definition) is 2. The average Bonchev–Trinajstić information content (AvgIpc) is 3.01. The first-order valence-corrected chi connectivity index (χ1v) is 7.20. The third kappa shape index (κ3) is 1.83. The summed E-state index contributed by atoms with van der Waals surface area (Å²) in [7, 11) is 0. The van der Waals surface area contributed by atoms with Crippen LogP contribution in [-0.4, -0.2) is 16.6 Å². The van der Waals surface area contributed by atoms with Crippen LogP contribution in [-0.2, 0) is 4.79 Å². The van der Waals surface area contributed by atoms with Crippen LogP contribution in [0.1, 0.15) is 21.6 Å². The van der Waals surface area contributed by atoms with E-state index in [-0.39, 0.29) is 0 Å². The van der Waals surface area contributed by atoms with Crippen molar-refractivity contribution < 1.29 is 9.59 Å². The van der Waals surface area contributed by atoms with Crippen molar-refractivity contribution in [1.82, 2.24) is 4.98 Å². The monoisotopic (exact) mass is 307 g/mol. The first kappa shape index (κ1) is 13.0. The van der Waals surface area contributed by atoms with Crippen LogP contribution in [0.2, 0.25) is 5.02 Å². The lowest BCUT2D eigenvalue weighted by Crippen LogP contribution is -2.06. The molecule has 4 heteroatoms. The zero-order valence-electron chi connectivity index (χ0n) is 11.4. The van der Waals surface area contributed by atoms with Crippen molar-refractivity contribution in [2.45, 2.75) is 0 Å². The lowest BCUT2D eigenvalue weighted by molar-refractivity contribution is -0.109. The van der Waals surface area contributed by atoms with Gasteiger partial charge in [-0.15, -0.1) is 0 Å². The summed E-state index contributed by atoms with van der Waals surface area (Å²) < 4.78 is 0. The van der Waals surface area contributed by atoms with Crippen LogP contribution in [0.5, 0.6) is 0 Å². The summed E-state index contributed by atoms with van der Waals surface area (Å²) in [5.74, 6) is -0.922. The van der Waals surface area contributed by atoms with Crippen molar-refractivity contribution in [1.29, 1.82) is 0 Å². The summed E-state index contributed by atoms with van der Waals surface area (Å²) in [5, 5.41) is 1.41. The minimum Gasteiger partial charge on any atom is -0.354 e. The number of Topliss-reactive ketones (excluding diaryl/α,β-unsaturated/α-hetero) is 2. The number of nitrogens with one attached hydrogen (secondary N) is 1. The molecule has 2 aromatic carbocycles. The zero-order valence-corrected chi connectivity index (χ0v) is 12.1. The molecule has 1 aromatic heterocycles. The fourth-order valence-electron chi connectivity index (χ4n) is 2.79. The quantitative estimate of drug-likeness (QED) is 0.543. The van der Waals surface area contributed by atoms with E-state index in [1.807, 2.05) is 36.4 Å². The van der Waals surface area contributed by atoms with Gasteiger partial charge in [-0.25, -0.2) is 0 Å². The Labute approximate surface area is 131 Å². The number of aromatic nitrogens is 1. The van der Waals surface area contributed by atoms with Gasteiger partial charge in [0.2, 0.25) is 11.6 Å². The minimum atomic E-state index is -0.470. The predicted molar refractivity (Wildman–Crippen MR) is 87.0 cm³/mol. The molecule has 3 nitrogen and oxygen atoms in total. The van der Waals surface area contributed by atoms with Crippen molar-refractivity contribution in [3.63, 3.8) is 0 Å². The fraction of sp³-hybridized carbons (Fsp3) is 0. The van der Waals surface area contributed by atoms with Crippen LogP contribution < -0.4 is 0 Å². The number of rotatable bonds is 1. The first-order chi connectivity index (χ1) is 10.6. The van der Waals surface area contributed by atoms with E-state index in [2.05, 4.69) is 4.98 Å². The Morgan fingerprint density at radius 3 is 2.41 bits per heavy atom. The van der Waals surface area contributed by atoms with E-state index in [1.165, 1.54) is 0 Å². The molecule has 4 rings (SSSR count). The number of carbonyl (C=O) groups excluding carboxylic acids is 2. The Hall–Kier alpha value is -2.65. The molecule has 0 atom stereocenters. The van der Waals surface area contributed by atoms with Gasteiger partial charge in [0.05, 0.1) is 16.8 Å². The summed E-state index contributed by atoms with van der Waals surface area (Å²) in [6, 6.07) is 14.6. The summed E-state index contributed by atoms with van der Waals surface area (Å²) in [5.41, 5.74) is 3.16. The second-order valence-corrected chi connectivity index (χ2v) is 5.62. The SMILES string of the molecule is O=C1C(=O)c2c([nH]c3ccccc23)/C1=C\c1ccc(Cl)cc1. The number of carbonyl (C=O) groups is 2. The maximum atomic E-state index is 12.3. The van der Waals surface area contributed by atoms with Crippen LogP contribution in [0.4, 0.5) is 0 Å². The highest BCUT2D eigenvalue weighted by Gasteiger charge is 2.36. The molecule has 0 aliphatic heterocycles. The summed E-state index contributed by atoms with van der Waals surface area (Å²) in [6.45, 7) is 0. The number of benzene rings is 2. The Morgan fingerprint density at radius 1 is 0.909 bits per heavy atom. The molecule has 0 bridgehead atoms. The van der Waals surface area contributed by atoms with Gasteiger partial charge in [0, 0.05) is 15.9 Å². The molecular formula is C18H10ClNO2. The number of fused-ring (bicyclic) bond motifs is 3. The van der Waals surface area contributed by atoms with Crippen molar-refractivity contribution in [3.8, 4) is 0 Å². The molecule has 1 N–H and O–H groups in total. The van der Waals surface area contributed by atoms with E-state index >= 15 is 0 Å². The fourth-order valence-corrected chi connectivity index (χ4v) is 2.92. The largest absolute Gasteiger partial charge is 0.354 e. The number of allylic oxidation sites excluding steroid dienone is 1. The lowest BCUT2D eigenvalue weighted by Gasteiger charge is -1.98. The van der Waals surface area contributed by atoms with Crippen molar-refractivity contribution in [2.75, 3.05) is 0 Å². The van der Waals surface area contributed by atoms with Gasteiger partial charge in [-0.3, -0.25) is 9.59 Å². The smallest absolute Gasteiger partial charge is 0.236 e. The van der Waals surface area contributed by atoms with Gasteiger partial charge >= 0.3 is 0 Å². The number of para-hydroxylation sites is 1. The van der Waals surface area contributed by atoms with Crippen LogP contribution in [0.25, 0.3) is 22.6 Å². The van der Waals surface area contributed by atoms with Crippen LogP contribution in [0.15, 0.2) is 48.5 Å². The number of aromatic amines is 1. The van der Waals surface area contributed by atoms with Gasteiger partial charge in [0.25, 0.3) is 0 Å². The molecule has 106 valence electrons. The standard InChI is InChI=1S/C18H10ClNO2/c19-11-7-5-10(6-8-11)9-13-16-15(18(22)17(13)21)12-3-1-2-4-14(12)20-16/h1-9,20H/b13-9+.